The van der Waals surface area contributed by atoms with Crippen molar-refractivity contribution < 1.29 is 14.3 Å². The second-order valence-corrected chi connectivity index (χ2v) is 10.6. The lowest BCUT2D eigenvalue weighted by Crippen LogP contribution is -2.50. The predicted molar refractivity (Wildman–Crippen MR) is 135 cm³/mol. The zero-order valence-corrected chi connectivity index (χ0v) is 20.9. The lowest BCUT2D eigenvalue weighted by molar-refractivity contribution is 0.0558. The Labute approximate surface area is 206 Å². The third kappa shape index (κ3) is 4.79. The molecule has 3 heterocycles. The third-order valence-corrected chi connectivity index (χ3v) is 7.33. The predicted octanol–water partition coefficient (Wildman–Crippen LogP) is 4.77. The fourth-order valence-electron chi connectivity index (χ4n) is 5.13. The first-order valence-electron chi connectivity index (χ1n) is 12.7. The number of aromatic nitrogens is 3. The number of carbonyl (C=O) groups excluding carboxylic acids is 2. The molecule has 2 amide bonds. The van der Waals surface area contributed by atoms with E-state index in [-0.39, 0.29) is 12.0 Å². The summed E-state index contributed by atoms with van der Waals surface area (Å²) in [6.07, 6.45) is 4.76. The molecule has 2 aliphatic rings. The largest absolute Gasteiger partial charge is 0.449 e. The van der Waals surface area contributed by atoms with E-state index in [1.165, 1.54) is 11.3 Å². The monoisotopic (exact) mass is 477 g/mol. The van der Waals surface area contributed by atoms with Gasteiger partial charge in [-0.3, -0.25) is 9.89 Å². The molecule has 8 heteroatoms. The Balaban J connectivity index is 1.27. The smallest absolute Gasteiger partial charge is 0.409 e. The molecule has 3 aromatic rings. The zero-order chi connectivity index (χ0) is 24.6. The number of nitrogens with one attached hydrogen (secondary N) is 2. The molecule has 1 aliphatic heterocycles. The summed E-state index contributed by atoms with van der Waals surface area (Å²) in [6, 6.07) is 7.92. The summed E-state index contributed by atoms with van der Waals surface area (Å²) in [5.41, 5.74) is 6.39. The number of hydrogen-bond acceptors (Lipinski definition) is 4. The number of rotatable bonds is 5. The van der Waals surface area contributed by atoms with Gasteiger partial charge in [-0.2, -0.15) is 5.10 Å². The summed E-state index contributed by atoms with van der Waals surface area (Å²) in [5.74, 6) is -0.0126. The van der Waals surface area contributed by atoms with E-state index < -0.39 is 0 Å². The number of benzene rings is 1. The highest BCUT2D eigenvalue weighted by Gasteiger charge is 2.30. The van der Waals surface area contributed by atoms with Crippen LogP contribution in [-0.2, 0) is 17.6 Å². The Morgan fingerprint density at radius 3 is 2.66 bits per heavy atom. The quantitative estimate of drug-likeness (QED) is 0.518. The van der Waals surface area contributed by atoms with Crippen LogP contribution in [0.4, 0.5) is 4.79 Å². The van der Waals surface area contributed by atoms with Crippen molar-refractivity contribution in [1.82, 2.24) is 25.0 Å². The van der Waals surface area contributed by atoms with Crippen molar-refractivity contribution in [2.45, 2.75) is 52.9 Å². The fourth-order valence-corrected chi connectivity index (χ4v) is 5.13. The van der Waals surface area contributed by atoms with Crippen molar-refractivity contribution in [3.63, 3.8) is 0 Å². The number of ether oxygens (including phenoxy) is 1. The molecule has 0 radical (unpaired) electrons. The van der Waals surface area contributed by atoms with Crippen LogP contribution in [0, 0.1) is 5.41 Å². The van der Waals surface area contributed by atoms with Crippen LogP contribution in [0.15, 0.2) is 24.3 Å². The Kier molecular flexibility index (Phi) is 6.30. The topological polar surface area (TPSA) is 94.3 Å². The number of nitrogens with zero attached hydrogens (tertiary/aromatic N) is 3. The lowest BCUT2D eigenvalue weighted by atomic mass is 9.76. The van der Waals surface area contributed by atoms with Crippen molar-refractivity contribution in [3.8, 4) is 11.4 Å². The summed E-state index contributed by atoms with van der Waals surface area (Å²) in [5, 5.41) is 8.95. The summed E-state index contributed by atoms with van der Waals surface area (Å²) < 4.78 is 5.30. The van der Waals surface area contributed by atoms with Gasteiger partial charge in [0.1, 0.15) is 5.69 Å². The minimum Gasteiger partial charge on any atom is -0.449 e. The molecule has 0 bridgehead atoms. The number of H-pyrrole nitrogens is 2. The Bertz CT molecular complexity index is 1230. The van der Waals surface area contributed by atoms with Gasteiger partial charge in [-0.15, -0.1) is 0 Å². The molecule has 0 atom stereocenters. The van der Waals surface area contributed by atoms with Crippen molar-refractivity contribution in [2.75, 3.05) is 32.8 Å². The van der Waals surface area contributed by atoms with Crippen LogP contribution >= 0.6 is 0 Å². The van der Waals surface area contributed by atoms with Gasteiger partial charge in [0, 0.05) is 53.9 Å². The first-order chi connectivity index (χ1) is 16.8. The maximum absolute atomic E-state index is 13.2. The SMILES string of the molecule is CCCCOC(=O)N1CCN(C(=O)c2ccc3cc(-c4n[nH]c5c4CCC(C)(C)C5)[nH]c3c2)CC1. The van der Waals surface area contributed by atoms with Gasteiger partial charge in [0.05, 0.1) is 12.3 Å². The molecule has 1 aromatic carbocycles. The molecule has 35 heavy (non-hydrogen) atoms. The van der Waals surface area contributed by atoms with Crippen LogP contribution in [0.2, 0.25) is 0 Å². The van der Waals surface area contributed by atoms with Crippen LogP contribution < -0.4 is 0 Å². The fraction of sp³-hybridized carbons (Fsp3) is 0.519. The van der Waals surface area contributed by atoms with E-state index in [2.05, 4.69) is 42.0 Å². The second kappa shape index (κ2) is 9.40. The number of unbranched alkanes of at least 4 members (excludes halogenated alkanes) is 1. The molecular formula is C27H35N5O3. The minimum absolute atomic E-state index is 0.0126. The zero-order valence-electron chi connectivity index (χ0n) is 20.9. The molecule has 0 unspecified atom stereocenters. The highest BCUT2D eigenvalue weighted by atomic mass is 16.6. The summed E-state index contributed by atoms with van der Waals surface area (Å²) in [4.78, 5) is 32.3. The van der Waals surface area contributed by atoms with Crippen molar-refractivity contribution >= 4 is 22.9 Å². The van der Waals surface area contributed by atoms with Gasteiger partial charge in [0.25, 0.3) is 5.91 Å². The van der Waals surface area contributed by atoms with Gasteiger partial charge < -0.3 is 19.5 Å². The van der Waals surface area contributed by atoms with E-state index in [0.29, 0.717) is 43.8 Å². The van der Waals surface area contributed by atoms with Crippen molar-refractivity contribution in [1.29, 1.82) is 0 Å². The maximum Gasteiger partial charge on any atom is 0.409 e. The van der Waals surface area contributed by atoms with E-state index in [1.807, 2.05) is 23.1 Å². The number of fused-ring (bicyclic) bond motifs is 2. The van der Waals surface area contributed by atoms with E-state index in [9.17, 15) is 9.59 Å². The molecule has 5 rings (SSSR count). The molecule has 186 valence electrons. The molecular weight excluding hydrogens is 442 g/mol. The molecule has 1 aliphatic carbocycles. The van der Waals surface area contributed by atoms with E-state index >= 15 is 0 Å². The average molecular weight is 478 g/mol. The van der Waals surface area contributed by atoms with Gasteiger partial charge >= 0.3 is 6.09 Å². The average Bonchev–Trinajstić information content (AvgIpc) is 3.46. The van der Waals surface area contributed by atoms with E-state index in [1.54, 1.807) is 4.90 Å². The maximum atomic E-state index is 13.2. The van der Waals surface area contributed by atoms with Crippen LogP contribution in [0.3, 0.4) is 0 Å². The van der Waals surface area contributed by atoms with Crippen LogP contribution in [0.25, 0.3) is 22.3 Å². The number of carbonyl (C=O) groups is 2. The Morgan fingerprint density at radius 2 is 1.89 bits per heavy atom. The van der Waals surface area contributed by atoms with Gasteiger partial charge in [-0.1, -0.05) is 33.3 Å². The molecule has 2 aromatic heterocycles. The van der Waals surface area contributed by atoms with E-state index in [0.717, 1.165) is 54.4 Å². The normalized spacial score (nSPS) is 17.5. The molecule has 1 saturated heterocycles. The van der Waals surface area contributed by atoms with Crippen LogP contribution in [-0.4, -0.2) is 69.8 Å². The van der Waals surface area contributed by atoms with E-state index in [4.69, 9.17) is 4.74 Å². The Hall–Kier alpha value is -3.29. The molecule has 0 saturated carbocycles. The first-order valence-corrected chi connectivity index (χ1v) is 12.7. The highest BCUT2D eigenvalue weighted by molar-refractivity contribution is 5.99. The number of aromatic amines is 2. The molecule has 8 nitrogen and oxygen atoms in total. The number of amides is 2. The van der Waals surface area contributed by atoms with Gasteiger partial charge in [-0.25, -0.2) is 4.79 Å². The van der Waals surface area contributed by atoms with Crippen molar-refractivity contribution in [3.05, 3.63) is 41.1 Å². The summed E-state index contributed by atoms with van der Waals surface area (Å²) in [7, 11) is 0. The summed E-state index contributed by atoms with van der Waals surface area (Å²) in [6.45, 7) is 9.12. The van der Waals surface area contributed by atoms with Gasteiger partial charge in [0.2, 0.25) is 0 Å². The van der Waals surface area contributed by atoms with Crippen LogP contribution in [0.1, 0.15) is 61.6 Å². The van der Waals surface area contributed by atoms with Crippen LogP contribution in [0.5, 0.6) is 0 Å². The van der Waals surface area contributed by atoms with Crippen molar-refractivity contribution in [2.24, 2.45) is 5.41 Å². The molecule has 0 spiro atoms. The molecule has 1 fully saturated rings. The number of hydrogen-bond donors (Lipinski definition) is 2. The third-order valence-electron chi connectivity index (χ3n) is 7.33. The molecule has 2 N–H and O–H groups in total. The lowest BCUT2D eigenvalue weighted by Gasteiger charge is -2.34. The standard InChI is InChI=1S/C27H35N5O3/c1-4-5-14-35-26(34)32-12-10-31(11-13-32)25(33)19-7-6-18-15-22(28-21(18)16-19)24-20-8-9-27(2,3)17-23(20)29-30-24/h6-7,15-16,28H,4-5,8-14,17H2,1-3H3,(H,29,30). The first kappa shape index (κ1) is 23.5. The number of piperazine rings is 1. The highest BCUT2D eigenvalue weighted by Crippen LogP contribution is 2.38. The summed E-state index contributed by atoms with van der Waals surface area (Å²) >= 11 is 0. The Morgan fingerprint density at radius 1 is 1.11 bits per heavy atom. The minimum atomic E-state index is -0.282. The van der Waals surface area contributed by atoms with Gasteiger partial charge in [0.15, 0.2) is 0 Å². The van der Waals surface area contributed by atoms with Gasteiger partial charge in [-0.05, 0) is 49.3 Å². The second-order valence-electron chi connectivity index (χ2n) is 10.6.